The van der Waals surface area contributed by atoms with Crippen molar-refractivity contribution >= 4 is 29.0 Å². The van der Waals surface area contributed by atoms with Gasteiger partial charge in [-0.25, -0.2) is 4.99 Å². The fourth-order valence-electron chi connectivity index (χ4n) is 5.21. The van der Waals surface area contributed by atoms with Gasteiger partial charge in [0.1, 0.15) is 11.5 Å². The van der Waals surface area contributed by atoms with Crippen LogP contribution in [-0.2, 0) is 11.2 Å². The second-order valence-electron chi connectivity index (χ2n) is 10.2. The van der Waals surface area contributed by atoms with E-state index in [9.17, 15) is 9.59 Å². The number of carbonyl (C=O) groups excluding carboxylic acids is 1. The number of carbonyl (C=O) groups is 1. The lowest BCUT2D eigenvalue weighted by atomic mass is 9.95. The molecule has 0 saturated heterocycles. The zero-order chi connectivity index (χ0) is 30.0. The van der Waals surface area contributed by atoms with E-state index in [1.54, 1.807) is 18.8 Å². The van der Waals surface area contributed by atoms with Crippen molar-refractivity contribution < 1.29 is 14.3 Å². The van der Waals surface area contributed by atoms with E-state index < -0.39 is 6.04 Å². The first kappa shape index (κ1) is 28.8. The molecule has 1 amide bonds. The Morgan fingerprint density at radius 3 is 2.48 bits per heavy atom. The van der Waals surface area contributed by atoms with Crippen LogP contribution in [0.25, 0.3) is 6.08 Å². The molecule has 0 saturated carbocycles. The molecule has 0 radical (unpaired) electrons. The first-order chi connectivity index (χ1) is 20.2. The number of nitrogens with one attached hydrogen (secondary N) is 1. The summed E-state index contributed by atoms with van der Waals surface area (Å²) in [6.45, 7) is 9.62. The van der Waals surface area contributed by atoms with E-state index in [-0.39, 0.29) is 11.5 Å². The van der Waals surface area contributed by atoms with Crippen molar-refractivity contribution in [2.24, 2.45) is 4.99 Å². The molecule has 1 aliphatic rings. The van der Waals surface area contributed by atoms with Gasteiger partial charge in [0.05, 0.1) is 36.1 Å². The number of anilines is 1. The zero-order valence-electron chi connectivity index (χ0n) is 24.4. The van der Waals surface area contributed by atoms with Gasteiger partial charge in [0.25, 0.3) is 11.5 Å². The summed E-state index contributed by atoms with van der Waals surface area (Å²) in [7, 11) is 3.24. The lowest BCUT2D eigenvalue weighted by Crippen LogP contribution is -2.40. The number of aryl methyl sites for hydroxylation is 2. The maximum absolute atomic E-state index is 14.0. The lowest BCUT2D eigenvalue weighted by molar-refractivity contribution is -0.113. The van der Waals surface area contributed by atoms with Crippen LogP contribution in [0.1, 0.15) is 40.8 Å². The molecule has 1 N–H and O–H groups in total. The molecule has 0 bridgehead atoms. The summed E-state index contributed by atoms with van der Waals surface area (Å²) in [6, 6.07) is 18.4. The molecular formula is C34H33N3O4S. The molecule has 1 aliphatic heterocycles. The SMILES string of the molecule is C=CCc1cc(/C=c2/sc3n(c2=O)[C@@H](c2ccc(OC)cc2)C(C(=O)Nc2ccc(C)cc2C)=C(C)N=3)ccc1OC. The number of hydrogen-bond donors (Lipinski definition) is 1. The Balaban J connectivity index is 1.65. The Kier molecular flexibility index (Phi) is 8.27. The minimum Gasteiger partial charge on any atom is -0.497 e. The van der Waals surface area contributed by atoms with Gasteiger partial charge < -0.3 is 14.8 Å². The molecule has 1 atom stereocenters. The van der Waals surface area contributed by atoms with Crippen LogP contribution in [0.3, 0.4) is 0 Å². The van der Waals surface area contributed by atoms with Crippen molar-refractivity contribution in [2.75, 3.05) is 19.5 Å². The Bertz CT molecular complexity index is 1900. The third-order valence-corrected chi connectivity index (χ3v) is 8.28. The number of hydrogen-bond acceptors (Lipinski definition) is 6. The number of fused-ring (bicyclic) bond motifs is 1. The molecule has 0 fully saturated rings. The third kappa shape index (κ3) is 5.58. The Morgan fingerprint density at radius 2 is 1.81 bits per heavy atom. The van der Waals surface area contributed by atoms with E-state index in [2.05, 4.69) is 11.9 Å². The second-order valence-corrected chi connectivity index (χ2v) is 11.2. The van der Waals surface area contributed by atoms with E-state index >= 15 is 0 Å². The predicted octanol–water partition coefficient (Wildman–Crippen LogP) is 5.24. The molecule has 1 aromatic heterocycles. The number of nitrogens with zero attached hydrogens (tertiary/aromatic N) is 2. The topological polar surface area (TPSA) is 81.9 Å². The van der Waals surface area contributed by atoms with Crippen LogP contribution in [0.2, 0.25) is 0 Å². The molecule has 3 aromatic carbocycles. The highest BCUT2D eigenvalue weighted by atomic mass is 32.1. The summed E-state index contributed by atoms with van der Waals surface area (Å²) in [5.74, 6) is 1.15. The number of methoxy groups -OCH3 is 2. The molecule has 214 valence electrons. The van der Waals surface area contributed by atoms with E-state index in [4.69, 9.17) is 14.5 Å². The lowest BCUT2D eigenvalue weighted by Gasteiger charge is -2.25. The number of allylic oxidation sites excluding steroid dienone is 2. The van der Waals surface area contributed by atoms with Crippen LogP contribution >= 0.6 is 11.3 Å². The standard InChI is InChI=1S/C34H33N3O4S/c1-7-8-25-18-23(10-16-28(25)41-6)19-29-33(39)37-31(24-11-13-26(40-5)14-12-24)30(22(4)35-34(37)42-29)32(38)36-27-15-9-20(2)17-21(27)3/h7,9-19,31H,1,8H2,2-6H3,(H,36,38)/b29-19+/t31-/m0/s1. The maximum atomic E-state index is 14.0. The second kappa shape index (κ2) is 12.0. The van der Waals surface area contributed by atoms with Gasteiger partial charge in [-0.15, -0.1) is 6.58 Å². The van der Waals surface area contributed by atoms with Gasteiger partial charge in [0, 0.05) is 5.69 Å². The highest BCUT2D eigenvalue weighted by molar-refractivity contribution is 7.07. The van der Waals surface area contributed by atoms with E-state index in [1.807, 2.05) is 93.6 Å². The highest BCUT2D eigenvalue weighted by Crippen LogP contribution is 2.32. The largest absolute Gasteiger partial charge is 0.497 e. The van der Waals surface area contributed by atoms with Gasteiger partial charge in [-0.3, -0.25) is 14.2 Å². The monoisotopic (exact) mass is 579 g/mol. The average Bonchev–Trinajstić information content (AvgIpc) is 3.28. The van der Waals surface area contributed by atoms with Crippen LogP contribution in [0, 0.1) is 13.8 Å². The molecule has 5 rings (SSSR count). The molecule has 0 aliphatic carbocycles. The maximum Gasteiger partial charge on any atom is 0.271 e. The fraction of sp³-hybridized carbons (Fsp3) is 0.206. The Hall–Kier alpha value is -4.69. The molecular weight excluding hydrogens is 546 g/mol. The molecule has 8 heteroatoms. The molecule has 0 spiro atoms. The van der Waals surface area contributed by atoms with Crippen LogP contribution in [0.15, 0.2) is 94.4 Å². The molecule has 0 unspecified atom stereocenters. The van der Waals surface area contributed by atoms with E-state index in [0.29, 0.717) is 38.5 Å². The number of amides is 1. The summed E-state index contributed by atoms with van der Waals surface area (Å²) in [5.41, 5.74) is 6.15. The summed E-state index contributed by atoms with van der Waals surface area (Å²) in [5, 5.41) is 3.06. The van der Waals surface area contributed by atoms with Gasteiger partial charge in [0.2, 0.25) is 0 Å². The van der Waals surface area contributed by atoms with Gasteiger partial charge >= 0.3 is 0 Å². The van der Waals surface area contributed by atoms with Crippen molar-refractivity contribution in [3.05, 3.63) is 132 Å². The summed E-state index contributed by atoms with van der Waals surface area (Å²) >= 11 is 1.30. The normalized spacial score (nSPS) is 14.7. The Morgan fingerprint density at radius 1 is 1.05 bits per heavy atom. The summed E-state index contributed by atoms with van der Waals surface area (Å²) < 4.78 is 13.0. The smallest absolute Gasteiger partial charge is 0.271 e. The van der Waals surface area contributed by atoms with Crippen LogP contribution < -0.4 is 29.7 Å². The van der Waals surface area contributed by atoms with Crippen LogP contribution in [0.4, 0.5) is 5.69 Å². The average molecular weight is 580 g/mol. The Labute approximate surface area is 248 Å². The predicted molar refractivity (Wildman–Crippen MR) is 168 cm³/mol. The van der Waals surface area contributed by atoms with Gasteiger partial charge in [0.15, 0.2) is 4.80 Å². The van der Waals surface area contributed by atoms with Gasteiger partial charge in [-0.1, -0.05) is 53.3 Å². The summed E-state index contributed by atoms with van der Waals surface area (Å²) in [6.07, 6.45) is 4.31. The first-order valence-electron chi connectivity index (χ1n) is 13.6. The van der Waals surface area contributed by atoms with Gasteiger partial charge in [-0.05, 0) is 85.9 Å². The highest BCUT2D eigenvalue weighted by Gasteiger charge is 2.32. The number of thiazole rings is 1. The van der Waals surface area contributed by atoms with Crippen molar-refractivity contribution in [2.45, 2.75) is 33.2 Å². The van der Waals surface area contributed by atoms with Crippen molar-refractivity contribution in [1.29, 1.82) is 0 Å². The number of rotatable bonds is 8. The first-order valence-corrected chi connectivity index (χ1v) is 14.4. The minimum absolute atomic E-state index is 0.218. The number of aromatic nitrogens is 1. The van der Waals surface area contributed by atoms with Crippen molar-refractivity contribution in [3.63, 3.8) is 0 Å². The molecule has 2 heterocycles. The molecule has 4 aromatic rings. The number of ether oxygens (including phenoxy) is 2. The molecule has 7 nitrogen and oxygen atoms in total. The van der Waals surface area contributed by atoms with Crippen molar-refractivity contribution in [3.8, 4) is 11.5 Å². The minimum atomic E-state index is -0.674. The van der Waals surface area contributed by atoms with Crippen LogP contribution in [-0.4, -0.2) is 24.7 Å². The quantitative estimate of drug-likeness (QED) is 0.290. The van der Waals surface area contributed by atoms with Crippen molar-refractivity contribution in [1.82, 2.24) is 4.57 Å². The summed E-state index contributed by atoms with van der Waals surface area (Å²) in [4.78, 5) is 33.2. The van der Waals surface area contributed by atoms with E-state index in [1.165, 1.54) is 11.3 Å². The fourth-order valence-corrected chi connectivity index (χ4v) is 6.26. The zero-order valence-corrected chi connectivity index (χ0v) is 25.2. The van der Waals surface area contributed by atoms with Crippen LogP contribution in [0.5, 0.6) is 11.5 Å². The van der Waals surface area contributed by atoms with Gasteiger partial charge in [-0.2, -0.15) is 0 Å². The molecule has 42 heavy (non-hydrogen) atoms. The number of benzene rings is 3. The van der Waals surface area contributed by atoms with E-state index in [0.717, 1.165) is 33.6 Å². The third-order valence-electron chi connectivity index (χ3n) is 7.29.